The molecular weight excluding hydrogens is 252 g/mol. The van der Waals surface area contributed by atoms with Crippen LogP contribution in [0.15, 0.2) is 47.1 Å². The average molecular weight is 263 g/mol. The van der Waals surface area contributed by atoms with Gasteiger partial charge in [-0.3, -0.25) is 0 Å². The van der Waals surface area contributed by atoms with Gasteiger partial charge in [-0.2, -0.15) is 0 Å². The van der Waals surface area contributed by atoms with Crippen LogP contribution in [0, 0.1) is 6.92 Å². The fourth-order valence-electron chi connectivity index (χ4n) is 1.37. The van der Waals surface area contributed by atoms with Crippen LogP contribution in [-0.4, -0.2) is 5.97 Å². The molecule has 3 nitrogen and oxygen atoms in total. The van der Waals surface area contributed by atoms with Crippen molar-refractivity contribution in [3.63, 3.8) is 0 Å². The summed E-state index contributed by atoms with van der Waals surface area (Å²) in [6, 6.07) is 8.54. The average Bonchev–Trinajstić information content (AvgIpc) is 2.84. The molecule has 0 fully saturated rings. The third-order valence-electron chi connectivity index (χ3n) is 2.27. The van der Waals surface area contributed by atoms with E-state index in [4.69, 9.17) is 20.8 Å². The van der Waals surface area contributed by atoms with Crippen LogP contribution in [0.4, 0.5) is 0 Å². The number of carbonyl (C=O) groups excluding carboxylic acids is 1. The van der Waals surface area contributed by atoms with E-state index in [1.165, 1.54) is 12.3 Å². The number of ether oxygens (including phenoxy) is 1. The largest absolute Gasteiger partial charge is 0.465 e. The molecule has 0 atom stereocenters. The minimum atomic E-state index is -0.465. The number of carbonyl (C=O) groups is 1. The first-order valence-electron chi connectivity index (χ1n) is 5.35. The summed E-state index contributed by atoms with van der Waals surface area (Å²) in [4.78, 5) is 11.5. The van der Waals surface area contributed by atoms with E-state index in [2.05, 4.69) is 0 Å². The van der Waals surface area contributed by atoms with Crippen LogP contribution in [0.5, 0.6) is 5.75 Å². The Hall–Kier alpha value is -2.00. The Kier molecular flexibility index (Phi) is 3.85. The summed E-state index contributed by atoms with van der Waals surface area (Å²) in [5.41, 5.74) is 0.858. The minimum Gasteiger partial charge on any atom is -0.465 e. The Labute approximate surface area is 110 Å². The first-order valence-corrected chi connectivity index (χ1v) is 5.72. The fraction of sp³-hybridized carbons (Fsp3) is 0.0714. The van der Waals surface area contributed by atoms with Crippen molar-refractivity contribution < 1.29 is 13.9 Å². The lowest BCUT2D eigenvalue weighted by atomic mass is 10.2. The van der Waals surface area contributed by atoms with Gasteiger partial charge in [0.1, 0.15) is 11.5 Å². The van der Waals surface area contributed by atoms with Crippen LogP contribution in [0.3, 0.4) is 0 Å². The standard InChI is InChI=1S/C14H11ClO3/c1-10-9-12(4-6-13(10)15)18-14(16)7-5-11-3-2-8-17-11/h2-9H,1H3. The van der Waals surface area contributed by atoms with Gasteiger partial charge in [-0.05, 0) is 48.9 Å². The summed E-state index contributed by atoms with van der Waals surface area (Å²) >= 11 is 5.88. The SMILES string of the molecule is Cc1cc(OC(=O)C=Cc2ccco2)ccc1Cl. The first-order chi connectivity index (χ1) is 8.65. The zero-order valence-corrected chi connectivity index (χ0v) is 10.5. The molecule has 0 bridgehead atoms. The lowest BCUT2D eigenvalue weighted by molar-refractivity contribution is -0.128. The van der Waals surface area contributed by atoms with E-state index >= 15 is 0 Å². The van der Waals surface area contributed by atoms with Gasteiger partial charge in [0.05, 0.1) is 6.26 Å². The van der Waals surface area contributed by atoms with Crippen LogP contribution in [0.2, 0.25) is 5.02 Å². The van der Waals surface area contributed by atoms with E-state index in [9.17, 15) is 4.79 Å². The molecule has 18 heavy (non-hydrogen) atoms. The van der Waals surface area contributed by atoms with E-state index in [1.54, 1.807) is 36.4 Å². The molecule has 0 aliphatic heterocycles. The molecule has 0 spiro atoms. The number of rotatable bonds is 3. The molecule has 0 aliphatic carbocycles. The van der Waals surface area contributed by atoms with E-state index in [1.807, 2.05) is 6.92 Å². The highest BCUT2D eigenvalue weighted by atomic mass is 35.5. The lowest BCUT2D eigenvalue weighted by Crippen LogP contribution is -2.03. The topological polar surface area (TPSA) is 39.4 Å². The molecule has 0 saturated heterocycles. The number of benzene rings is 1. The van der Waals surface area contributed by atoms with E-state index < -0.39 is 5.97 Å². The highest BCUT2D eigenvalue weighted by molar-refractivity contribution is 6.31. The van der Waals surface area contributed by atoms with Crippen molar-refractivity contribution in [3.8, 4) is 5.75 Å². The molecule has 0 radical (unpaired) electrons. The van der Waals surface area contributed by atoms with Crippen LogP contribution in [-0.2, 0) is 4.79 Å². The molecule has 2 rings (SSSR count). The molecule has 1 heterocycles. The van der Waals surface area contributed by atoms with Crippen molar-refractivity contribution in [2.45, 2.75) is 6.92 Å². The molecule has 0 amide bonds. The molecule has 4 heteroatoms. The summed E-state index contributed by atoms with van der Waals surface area (Å²) in [5.74, 6) is 0.596. The van der Waals surface area contributed by atoms with Crippen molar-refractivity contribution in [2.24, 2.45) is 0 Å². The number of furan rings is 1. The molecule has 0 N–H and O–H groups in total. The van der Waals surface area contributed by atoms with Crippen LogP contribution >= 0.6 is 11.6 Å². The van der Waals surface area contributed by atoms with Crippen molar-refractivity contribution in [2.75, 3.05) is 0 Å². The van der Waals surface area contributed by atoms with Crippen molar-refractivity contribution in [1.82, 2.24) is 0 Å². The van der Waals surface area contributed by atoms with Gasteiger partial charge < -0.3 is 9.15 Å². The van der Waals surface area contributed by atoms with E-state index in [0.29, 0.717) is 16.5 Å². The van der Waals surface area contributed by atoms with Gasteiger partial charge in [0.25, 0.3) is 0 Å². The lowest BCUT2D eigenvalue weighted by Gasteiger charge is -2.03. The summed E-state index contributed by atoms with van der Waals surface area (Å²) in [6.07, 6.45) is 4.39. The second kappa shape index (κ2) is 5.56. The second-order valence-corrected chi connectivity index (χ2v) is 4.09. The highest BCUT2D eigenvalue weighted by Gasteiger charge is 2.03. The fourth-order valence-corrected chi connectivity index (χ4v) is 1.48. The summed E-state index contributed by atoms with van der Waals surface area (Å²) < 4.78 is 10.2. The number of hydrogen-bond acceptors (Lipinski definition) is 3. The van der Waals surface area contributed by atoms with Gasteiger partial charge in [0, 0.05) is 11.1 Å². The van der Waals surface area contributed by atoms with Gasteiger partial charge in [-0.1, -0.05) is 11.6 Å². The minimum absolute atomic E-state index is 0.464. The molecule has 2 aromatic rings. The molecular formula is C14H11ClO3. The quantitative estimate of drug-likeness (QED) is 0.479. The highest BCUT2D eigenvalue weighted by Crippen LogP contribution is 2.21. The zero-order chi connectivity index (χ0) is 13.0. The van der Waals surface area contributed by atoms with E-state index in [-0.39, 0.29) is 0 Å². The number of esters is 1. The van der Waals surface area contributed by atoms with Crippen molar-refractivity contribution in [3.05, 3.63) is 59.0 Å². The van der Waals surface area contributed by atoms with E-state index in [0.717, 1.165) is 5.56 Å². The molecule has 1 aromatic carbocycles. The van der Waals surface area contributed by atoms with Gasteiger partial charge in [0.2, 0.25) is 0 Å². The summed E-state index contributed by atoms with van der Waals surface area (Å²) in [5, 5.41) is 0.640. The summed E-state index contributed by atoms with van der Waals surface area (Å²) in [7, 11) is 0. The molecule has 0 aliphatic rings. The van der Waals surface area contributed by atoms with Crippen LogP contribution < -0.4 is 4.74 Å². The number of aryl methyl sites for hydroxylation is 1. The maximum Gasteiger partial charge on any atom is 0.336 e. The monoisotopic (exact) mass is 262 g/mol. The summed E-state index contributed by atoms with van der Waals surface area (Å²) in [6.45, 7) is 1.85. The smallest absolute Gasteiger partial charge is 0.336 e. The first kappa shape index (κ1) is 12.5. The van der Waals surface area contributed by atoms with Gasteiger partial charge in [0.15, 0.2) is 0 Å². The number of halogens is 1. The molecule has 1 aromatic heterocycles. The second-order valence-electron chi connectivity index (χ2n) is 3.68. The molecule has 92 valence electrons. The third-order valence-corrected chi connectivity index (χ3v) is 2.70. The molecule has 0 unspecified atom stereocenters. The Morgan fingerprint density at radius 3 is 2.89 bits per heavy atom. The van der Waals surface area contributed by atoms with Crippen LogP contribution in [0.1, 0.15) is 11.3 Å². The Morgan fingerprint density at radius 2 is 2.22 bits per heavy atom. The van der Waals surface area contributed by atoms with Gasteiger partial charge >= 0.3 is 5.97 Å². The van der Waals surface area contributed by atoms with Crippen molar-refractivity contribution >= 4 is 23.6 Å². The third kappa shape index (κ3) is 3.25. The van der Waals surface area contributed by atoms with Crippen LogP contribution in [0.25, 0.3) is 6.08 Å². The normalized spacial score (nSPS) is 10.8. The van der Waals surface area contributed by atoms with Gasteiger partial charge in [-0.25, -0.2) is 4.79 Å². The van der Waals surface area contributed by atoms with Gasteiger partial charge in [-0.15, -0.1) is 0 Å². The Bertz CT molecular complexity index is 571. The molecule has 0 saturated carbocycles. The Balaban J connectivity index is 2.01. The maximum atomic E-state index is 11.5. The predicted octanol–water partition coefficient (Wildman–Crippen LogP) is 3.86. The predicted molar refractivity (Wildman–Crippen MR) is 69.6 cm³/mol. The zero-order valence-electron chi connectivity index (χ0n) is 9.72. The maximum absolute atomic E-state index is 11.5. The van der Waals surface area contributed by atoms with Crippen molar-refractivity contribution in [1.29, 1.82) is 0 Å². The number of hydrogen-bond donors (Lipinski definition) is 0. The Morgan fingerprint density at radius 1 is 1.39 bits per heavy atom.